The van der Waals surface area contributed by atoms with Gasteiger partial charge in [0.15, 0.2) is 5.58 Å². The normalized spacial score (nSPS) is 33.2. The fraction of sp³-hybridized carbons (Fsp3) is 0.588. The fourth-order valence-electron chi connectivity index (χ4n) is 5.25. The van der Waals surface area contributed by atoms with E-state index in [1.54, 1.807) is 10.4 Å². The summed E-state index contributed by atoms with van der Waals surface area (Å²) in [5, 5.41) is 0. The molecule has 6 rings (SSSR count). The molecule has 2 aromatic rings. The summed E-state index contributed by atoms with van der Waals surface area (Å²) in [6.07, 6.45) is 5.06. The fourth-order valence-corrected chi connectivity index (χ4v) is 6.79. The average molecular weight is 348 g/mol. The number of sulfonamides is 1. The number of benzene rings is 1. The van der Waals surface area contributed by atoms with Gasteiger partial charge in [-0.1, -0.05) is 0 Å². The molecule has 6 nitrogen and oxygen atoms in total. The van der Waals surface area contributed by atoms with Crippen molar-refractivity contribution in [3.63, 3.8) is 0 Å². The van der Waals surface area contributed by atoms with Crippen LogP contribution in [-0.2, 0) is 10.0 Å². The number of fused-ring (bicyclic) bond motifs is 3. The Balaban J connectivity index is 1.49. The van der Waals surface area contributed by atoms with Gasteiger partial charge in [0.1, 0.15) is 0 Å². The van der Waals surface area contributed by atoms with Crippen LogP contribution in [0.3, 0.4) is 0 Å². The molecule has 3 aliphatic carbocycles. The lowest BCUT2D eigenvalue weighted by atomic mass is 9.60. The SMILES string of the molecule is O=c1[nH]c2cc(S(=O)(=O)N3C[C@@H]4C5CCC(CC5)[C@@H]4C3)ccc2o1. The van der Waals surface area contributed by atoms with E-state index in [9.17, 15) is 13.2 Å². The minimum absolute atomic E-state index is 0.234. The number of hydrogen-bond acceptors (Lipinski definition) is 4. The van der Waals surface area contributed by atoms with Gasteiger partial charge < -0.3 is 4.42 Å². The molecule has 2 heterocycles. The minimum atomic E-state index is -3.53. The summed E-state index contributed by atoms with van der Waals surface area (Å²) in [6.45, 7) is 1.29. The quantitative estimate of drug-likeness (QED) is 0.902. The Hall–Kier alpha value is -1.60. The molecule has 1 saturated heterocycles. The summed E-state index contributed by atoms with van der Waals surface area (Å²) in [5.41, 5.74) is 0.810. The molecule has 0 spiro atoms. The van der Waals surface area contributed by atoms with Crippen molar-refractivity contribution < 1.29 is 12.8 Å². The van der Waals surface area contributed by atoms with Gasteiger partial charge in [-0.2, -0.15) is 4.31 Å². The highest BCUT2D eigenvalue weighted by atomic mass is 32.2. The third-order valence-electron chi connectivity index (χ3n) is 6.43. The minimum Gasteiger partial charge on any atom is -0.408 e. The van der Waals surface area contributed by atoms with Crippen LogP contribution < -0.4 is 5.76 Å². The molecule has 24 heavy (non-hydrogen) atoms. The summed E-state index contributed by atoms with van der Waals surface area (Å²) in [5.74, 6) is 1.90. The van der Waals surface area contributed by atoms with Crippen LogP contribution in [0, 0.1) is 23.7 Å². The highest BCUT2D eigenvalue weighted by Gasteiger charge is 2.50. The summed E-state index contributed by atoms with van der Waals surface area (Å²) in [7, 11) is -3.53. The first-order chi connectivity index (χ1) is 11.5. The maximum atomic E-state index is 13.1. The van der Waals surface area contributed by atoms with E-state index in [4.69, 9.17) is 4.42 Å². The molecule has 3 saturated carbocycles. The Kier molecular flexibility index (Phi) is 3.04. The van der Waals surface area contributed by atoms with E-state index in [0.717, 1.165) is 0 Å². The van der Waals surface area contributed by atoms with E-state index in [-0.39, 0.29) is 4.90 Å². The van der Waals surface area contributed by atoms with Crippen molar-refractivity contribution in [2.24, 2.45) is 23.7 Å². The standard InChI is InChI=1S/C17H20N2O4S/c20-17-18-15-7-12(5-6-16(15)23-17)24(21,22)19-8-13-10-1-2-11(4-3-10)14(13)9-19/h5-7,10-11,13-14H,1-4,8-9H2,(H,18,20)/t10?,11?,13-,14+. The van der Waals surface area contributed by atoms with Crippen LogP contribution in [-0.4, -0.2) is 30.8 Å². The molecule has 1 aliphatic heterocycles. The number of oxazole rings is 1. The van der Waals surface area contributed by atoms with Crippen LogP contribution in [0.5, 0.6) is 0 Å². The molecular weight excluding hydrogens is 328 g/mol. The monoisotopic (exact) mass is 348 g/mol. The Morgan fingerprint density at radius 1 is 1.04 bits per heavy atom. The first-order valence-corrected chi connectivity index (χ1v) is 10.1. The molecule has 1 aromatic carbocycles. The molecule has 2 atom stereocenters. The molecule has 2 bridgehead atoms. The molecule has 0 radical (unpaired) electrons. The van der Waals surface area contributed by atoms with E-state index in [2.05, 4.69) is 4.98 Å². The maximum Gasteiger partial charge on any atom is 0.417 e. The smallest absolute Gasteiger partial charge is 0.408 e. The number of aromatic amines is 1. The van der Waals surface area contributed by atoms with Crippen LogP contribution in [0.25, 0.3) is 11.1 Å². The van der Waals surface area contributed by atoms with Crippen molar-refractivity contribution in [2.45, 2.75) is 30.6 Å². The zero-order valence-electron chi connectivity index (χ0n) is 13.3. The van der Waals surface area contributed by atoms with E-state index in [1.807, 2.05) is 0 Å². The van der Waals surface area contributed by atoms with Crippen LogP contribution in [0.4, 0.5) is 0 Å². The van der Waals surface area contributed by atoms with Gasteiger partial charge >= 0.3 is 5.76 Å². The first-order valence-electron chi connectivity index (χ1n) is 8.65. The largest absolute Gasteiger partial charge is 0.417 e. The molecule has 0 unspecified atom stereocenters. The van der Waals surface area contributed by atoms with Gasteiger partial charge in [-0.05, 0) is 67.6 Å². The van der Waals surface area contributed by atoms with Crippen molar-refractivity contribution in [3.8, 4) is 0 Å². The summed E-state index contributed by atoms with van der Waals surface area (Å²) in [4.78, 5) is 14.0. The highest BCUT2D eigenvalue weighted by molar-refractivity contribution is 7.89. The van der Waals surface area contributed by atoms with Crippen LogP contribution in [0.15, 0.2) is 32.3 Å². The summed E-state index contributed by atoms with van der Waals surface area (Å²) < 4.78 is 32.8. The van der Waals surface area contributed by atoms with Crippen molar-refractivity contribution in [1.82, 2.24) is 9.29 Å². The van der Waals surface area contributed by atoms with Gasteiger partial charge in [-0.3, -0.25) is 4.98 Å². The van der Waals surface area contributed by atoms with E-state index in [0.29, 0.717) is 47.9 Å². The topological polar surface area (TPSA) is 83.4 Å². The van der Waals surface area contributed by atoms with Gasteiger partial charge in [-0.15, -0.1) is 0 Å². The first kappa shape index (κ1) is 14.7. The van der Waals surface area contributed by atoms with Gasteiger partial charge in [0, 0.05) is 13.1 Å². The van der Waals surface area contributed by atoms with Gasteiger partial charge in [-0.25, -0.2) is 13.2 Å². The van der Waals surface area contributed by atoms with Crippen LogP contribution >= 0.6 is 0 Å². The molecule has 1 N–H and O–H groups in total. The van der Waals surface area contributed by atoms with Crippen LogP contribution in [0.1, 0.15) is 25.7 Å². The lowest BCUT2D eigenvalue weighted by Gasteiger charge is -2.45. The van der Waals surface area contributed by atoms with Gasteiger partial charge in [0.05, 0.1) is 10.4 Å². The van der Waals surface area contributed by atoms with Gasteiger partial charge in [0.2, 0.25) is 10.0 Å². The average Bonchev–Trinajstić information content (AvgIpc) is 3.19. The number of aromatic nitrogens is 1. The molecule has 4 fully saturated rings. The lowest BCUT2D eigenvalue weighted by Crippen LogP contribution is -2.38. The number of H-pyrrole nitrogens is 1. The Morgan fingerprint density at radius 2 is 1.67 bits per heavy atom. The van der Waals surface area contributed by atoms with E-state index in [1.165, 1.54) is 37.8 Å². The van der Waals surface area contributed by atoms with E-state index < -0.39 is 15.8 Å². The number of nitrogens with zero attached hydrogens (tertiary/aromatic N) is 1. The second-order valence-corrected chi connectivity index (χ2v) is 9.44. The van der Waals surface area contributed by atoms with Gasteiger partial charge in [0.25, 0.3) is 0 Å². The molecule has 0 amide bonds. The maximum absolute atomic E-state index is 13.1. The second-order valence-electron chi connectivity index (χ2n) is 7.50. The van der Waals surface area contributed by atoms with Crippen molar-refractivity contribution in [3.05, 3.63) is 28.7 Å². The Morgan fingerprint density at radius 3 is 2.29 bits per heavy atom. The third-order valence-corrected chi connectivity index (χ3v) is 8.26. The molecule has 128 valence electrons. The number of hydrogen-bond donors (Lipinski definition) is 1. The summed E-state index contributed by atoms with van der Waals surface area (Å²) in [6, 6.07) is 4.59. The predicted molar refractivity (Wildman–Crippen MR) is 88.0 cm³/mol. The molecule has 7 heteroatoms. The van der Waals surface area contributed by atoms with Crippen LogP contribution in [0.2, 0.25) is 0 Å². The molecule has 1 aromatic heterocycles. The number of rotatable bonds is 2. The van der Waals surface area contributed by atoms with Crippen molar-refractivity contribution >= 4 is 21.1 Å². The lowest BCUT2D eigenvalue weighted by molar-refractivity contribution is 0.0577. The van der Waals surface area contributed by atoms with E-state index >= 15 is 0 Å². The Labute approximate surface area is 139 Å². The Bertz CT molecular complexity index is 932. The zero-order chi connectivity index (χ0) is 16.5. The van der Waals surface area contributed by atoms with Crippen molar-refractivity contribution in [1.29, 1.82) is 0 Å². The second kappa shape index (κ2) is 4.95. The van der Waals surface area contributed by atoms with Crippen molar-refractivity contribution in [2.75, 3.05) is 13.1 Å². The molecular formula is C17H20N2O4S. The summed E-state index contributed by atoms with van der Waals surface area (Å²) >= 11 is 0. The molecule has 4 aliphatic rings. The third kappa shape index (κ3) is 2.04. The zero-order valence-corrected chi connectivity index (χ0v) is 14.1. The number of nitrogens with one attached hydrogen (secondary N) is 1. The predicted octanol–water partition coefficient (Wildman–Crippen LogP) is 2.18. The highest BCUT2D eigenvalue weighted by Crippen LogP contribution is 2.52.